The van der Waals surface area contributed by atoms with Gasteiger partial charge in [0.05, 0.1) is 0 Å². The van der Waals surface area contributed by atoms with Crippen LogP contribution in [0.2, 0.25) is 0 Å². The highest BCUT2D eigenvalue weighted by Crippen LogP contribution is 2.33. The maximum atomic E-state index is 12.2. The Morgan fingerprint density at radius 1 is 1.29 bits per heavy atom. The summed E-state index contributed by atoms with van der Waals surface area (Å²) >= 11 is 0. The predicted octanol–water partition coefficient (Wildman–Crippen LogP) is 3.49. The van der Waals surface area contributed by atoms with Crippen LogP contribution in [0.15, 0.2) is 22.9 Å². The zero-order valence-corrected chi connectivity index (χ0v) is 10.3. The third-order valence-corrected chi connectivity index (χ3v) is 2.08. The molecule has 0 bridgehead atoms. The summed E-state index contributed by atoms with van der Waals surface area (Å²) < 4.78 is 36.7. The van der Waals surface area contributed by atoms with E-state index in [1.165, 1.54) is 6.42 Å². The van der Waals surface area contributed by atoms with Gasteiger partial charge < -0.3 is 5.73 Å². The molecule has 98 valence electrons. The fourth-order valence-electron chi connectivity index (χ4n) is 1.35. The first-order chi connectivity index (χ1) is 7.77. The first-order valence-corrected chi connectivity index (χ1v) is 5.57. The molecule has 0 fully saturated rings. The Bertz CT molecular complexity index is 340. The quantitative estimate of drug-likeness (QED) is 0.773. The van der Waals surface area contributed by atoms with Gasteiger partial charge in [-0.05, 0) is 12.5 Å². The number of carbonyl (C=O) groups is 1. The van der Waals surface area contributed by atoms with E-state index in [-0.39, 0.29) is 11.3 Å². The van der Waals surface area contributed by atoms with Gasteiger partial charge in [0.2, 0.25) is 0 Å². The molecule has 0 aromatic heterocycles. The van der Waals surface area contributed by atoms with Crippen molar-refractivity contribution in [3.63, 3.8) is 0 Å². The molecule has 17 heavy (non-hydrogen) atoms. The third-order valence-electron chi connectivity index (χ3n) is 2.08. The lowest BCUT2D eigenvalue weighted by Crippen LogP contribution is -2.22. The number of Topliss-reactive ketones (excluding diaryl/α,β-unsaturated/α-hetero) is 1. The highest BCUT2D eigenvalue weighted by Gasteiger charge is 2.37. The maximum Gasteiger partial charge on any atom is 0.413 e. The normalized spacial score (nSPS) is 16.4. The standard InChI is InChI=1S/C9H10F3NO.C3H8/c1-2-6-7(13)3-5(4-8(6)14)9(10,11)12;1-3-2/h3H,2,4,13H2,1H3;3H2,1-2H3. The smallest absolute Gasteiger partial charge is 0.398 e. The van der Waals surface area contributed by atoms with Gasteiger partial charge in [-0.3, -0.25) is 4.79 Å². The van der Waals surface area contributed by atoms with Crippen LogP contribution >= 0.6 is 0 Å². The molecule has 1 aliphatic carbocycles. The second-order valence-electron chi connectivity index (χ2n) is 3.76. The molecule has 2 nitrogen and oxygen atoms in total. The van der Waals surface area contributed by atoms with Crippen molar-refractivity contribution in [1.29, 1.82) is 0 Å². The van der Waals surface area contributed by atoms with E-state index >= 15 is 0 Å². The predicted molar refractivity (Wildman–Crippen MR) is 61.2 cm³/mol. The van der Waals surface area contributed by atoms with E-state index in [2.05, 4.69) is 13.8 Å². The Kier molecular flexibility index (Phi) is 5.99. The van der Waals surface area contributed by atoms with Crippen molar-refractivity contribution in [3.05, 3.63) is 22.9 Å². The summed E-state index contributed by atoms with van der Waals surface area (Å²) in [5.74, 6) is -0.528. The van der Waals surface area contributed by atoms with E-state index in [4.69, 9.17) is 5.73 Å². The lowest BCUT2D eigenvalue weighted by molar-refractivity contribution is -0.120. The van der Waals surface area contributed by atoms with E-state index in [0.29, 0.717) is 6.42 Å². The van der Waals surface area contributed by atoms with Gasteiger partial charge in [-0.15, -0.1) is 0 Å². The number of hydrogen-bond donors (Lipinski definition) is 1. The zero-order valence-electron chi connectivity index (χ0n) is 10.3. The number of allylic oxidation sites excluding steroid dienone is 3. The van der Waals surface area contributed by atoms with Crippen LogP contribution in [0.25, 0.3) is 0 Å². The van der Waals surface area contributed by atoms with Crippen LogP contribution in [-0.2, 0) is 4.79 Å². The summed E-state index contributed by atoms with van der Waals surface area (Å²) in [7, 11) is 0. The molecule has 0 amide bonds. The van der Waals surface area contributed by atoms with Crippen molar-refractivity contribution < 1.29 is 18.0 Å². The minimum atomic E-state index is -4.46. The summed E-state index contributed by atoms with van der Waals surface area (Å²) in [6.07, 6.45) is -2.58. The van der Waals surface area contributed by atoms with Gasteiger partial charge in [-0.1, -0.05) is 27.2 Å². The minimum Gasteiger partial charge on any atom is -0.398 e. The summed E-state index contributed by atoms with van der Waals surface area (Å²) in [6, 6.07) is 0. The number of ketones is 1. The molecule has 0 aromatic carbocycles. The van der Waals surface area contributed by atoms with E-state index < -0.39 is 24.0 Å². The van der Waals surface area contributed by atoms with Gasteiger partial charge >= 0.3 is 6.18 Å². The SMILES string of the molecule is CCC.CCC1=C(N)C=C(C(F)(F)F)CC1=O. The Labute approximate surface area is 99.4 Å². The van der Waals surface area contributed by atoms with Gasteiger partial charge in [0, 0.05) is 23.3 Å². The van der Waals surface area contributed by atoms with Crippen molar-refractivity contribution in [3.8, 4) is 0 Å². The Morgan fingerprint density at radius 2 is 1.76 bits per heavy atom. The molecule has 0 atom stereocenters. The van der Waals surface area contributed by atoms with Crippen molar-refractivity contribution >= 4 is 5.78 Å². The molecule has 0 aromatic rings. The summed E-state index contributed by atoms with van der Waals surface area (Å²) in [4.78, 5) is 11.2. The Morgan fingerprint density at radius 3 is 2.06 bits per heavy atom. The van der Waals surface area contributed by atoms with Crippen molar-refractivity contribution in [1.82, 2.24) is 0 Å². The first kappa shape index (κ1) is 15.7. The van der Waals surface area contributed by atoms with Crippen LogP contribution in [-0.4, -0.2) is 12.0 Å². The van der Waals surface area contributed by atoms with E-state index in [1.807, 2.05) is 0 Å². The number of halogens is 3. The number of carbonyl (C=O) groups excluding carboxylic acids is 1. The van der Waals surface area contributed by atoms with Gasteiger partial charge in [-0.25, -0.2) is 0 Å². The van der Waals surface area contributed by atoms with Gasteiger partial charge in [0.1, 0.15) is 0 Å². The second kappa shape index (κ2) is 6.47. The average molecular weight is 249 g/mol. The van der Waals surface area contributed by atoms with Crippen LogP contribution in [0, 0.1) is 0 Å². The summed E-state index contributed by atoms with van der Waals surface area (Å²) in [6.45, 7) is 5.94. The lowest BCUT2D eigenvalue weighted by atomic mass is 9.93. The second-order valence-corrected chi connectivity index (χ2v) is 3.76. The molecule has 0 aliphatic heterocycles. The third kappa shape index (κ3) is 4.63. The molecule has 1 aliphatic rings. The van der Waals surface area contributed by atoms with E-state index in [1.54, 1.807) is 6.92 Å². The monoisotopic (exact) mass is 249 g/mol. The Hall–Kier alpha value is -1.26. The van der Waals surface area contributed by atoms with Crippen LogP contribution in [0.4, 0.5) is 13.2 Å². The minimum absolute atomic E-state index is 0.0592. The van der Waals surface area contributed by atoms with Crippen molar-refractivity contribution in [2.45, 2.75) is 46.2 Å². The van der Waals surface area contributed by atoms with Crippen molar-refractivity contribution in [2.24, 2.45) is 5.73 Å². The molecule has 0 spiro atoms. The zero-order chi connectivity index (χ0) is 13.6. The molecular weight excluding hydrogens is 231 g/mol. The van der Waals surface area contributed by atoms with Crippen LogP contribution in [0.1, 0.15) is 40.0 Å². The van der Waals surface area contributed by atoms with E-state index in [0.717, 1.165) is 6.08 Å². The number of hydrogen-bond acceptors (Lipinski definition) is 2. The van der Waals surface area contributed by atoms with Crippen molar-refractivity contribution in [2.75, 3.05) is 0 Å². The fraction of sp³-hybridized carbons (Fsp3) is 0.583. The fourth-order valence-corrected chi connectivity index (χ4v) is 1.35. The highest BCUT2D eigenvalue weighted by atomic mass is 19.4. The molecule has 5 heteroatoms. The Balaban J connectivity index is 0.000000770. The van der Waals surface area contributed by atoms with Gasteiger partial charge in [0.15, 0.2) is 5.78 Å². The summed E-state index contributed by atoms with van der Waals surface area (Å²) in [5, 5.41) is 0. The lowest BCUT2D eigenvalue weighted by Gasteiger charge is -2.17. The molecule has 2 N–H and O–H groups in total. The molecule has 0 radical (unpaired) electrons. The average Bonchev–Trinajstić information content (AvgIpc) is 2.16. The van der Waals surface area contributed by atoms with Crippen LogP contribution in [0.5, 0.6) is 0 Å². The molecule has 0 saturated heterocycles. The topological polar surface area (TPSA) is 43.1 Å². The first-order valence-electron chi connectivity index (χ1n) is 5.57. The number of nitrogens with two attached hydrogens (primary N) is 1. The van der Waals surface area contributed by atoms with Crippen LogP contribution in [0.3, 0.4) is 0 Å². The highest BCUT2D eigenvalue weighted by molar-refractivity contribution is 5.99. The maximum absolute atomic E-state index is 12.2. The van der Waals surface area contributed by atoms with E-state index in [9.17, 15) is 18.0 Å². The van der Waals surface area contributed by atoms with Gasteiger partial charge in [0.25, 0.3) is 0 Å². The molecule has 1 rings (SSSR count). The van der Waals surface area contributed by atoms with Crippen LogP contribution < -0.4 is 5.73 Å². The number of alkyl halides is 3. The number of rotatable bonds is 1. The molecule has 0 unspecified atom stereocenters. The largest absolute Gasteiger partial charge is 0.413 e. The van der Waals surface area contributed by atoms with Gasteiger partial charge in [-0.2, -0.15) is 13.2 Å². The molecular formula is C12H18F3NO. The molecule has 0 heterocycles. The molecule has 0 saturated carbocycles. The summed E-state index contributed by atoms with van der Waals surface area (Å²) in [5.41, 5.74) is 4.72.